The summed E-state index contributed by atoms with van der Waals surface area (Å²) in [6.45, 7) is 4.62. The van der Waals surface area contributed by atoms with Gasteiger partial charge in [0.05, 0.1) is 13.7 Å². The number of carbonyl (C=O) groups is 2. The molecule has 3 rings (SSSR count). The van der Waals surface area contributed by atoms with Gasteiger partial charge in [-0.1, -0.05) is 0 Å². The third-order valence-electron chi connectivity index (χ3n) is 5.55. The average Bonchev–Trinajstić information content (AvgIpc) is 2.83. The van der Waals surface area contributed by atoms with Crippen molar-refractivity contribution in [1.82, 2.24) is 25.6 Å². The first-order chi connectivity index (χ1) is 17.1. The summed E-state index contributed by atoms with van der Waals surface area (Å²) in [7, 11) is 1.47. The van der Waals surface area contributed by atoms with Gasteiger partial charge in [-0.15, -0.1) is 0 Å². The van der Waals surface area contributed by atoms with Crippen LogP contribution in [0.1, 0.15) is 46.5 Å². The number of amides is 3. The van der Waals surface area contributed by atoms with E-state index in [0.29, 0.717) is 37.1 Å². The molecule has 1 aliphatic rings. The molecule has 0 aromatic carbocycles. The first-order valence-electron chi connectivity index (χ1n) is 11.7. The summed E-state index contributed by atoms with van der Waals surface area (Å²) in [5.74, 6) is 0.337. The topological polar surface area (TPSA) is 119 Å². The van der Waals surface area contributed by atoms with Gasteiger partial charge in [0.1, 0.15) is 11.4 Å². The maximum absolute atomic E-state index is 12.9. The minimum absolute atomic E-state index is 0.104. The number of nitrogens with zero attached hydrogens (tertiary/aromatic N) is 4. The van der Waals surface area contributed by atoms with E-state index >= 15 is 0 Å². The Morgan fingerprint density at radius 3 is 2.22 bits per heavy atom. The molecule has 2 N–H and O–H groups in total. The van der Waals surface area contributed by atoms with E-state index in [1.54, 1.807) is 51.5 Å². The predicted octanol–water partition coefficient (Wildman–Crippen LogP) is 4.16. The highest BCUT2D eigenvalue weighted by molar-refractivity contribution is 5.91. The molecule has 0 bridgehead atoms. The van der Waals surface area contributed by atoms with E-state index in [2.05, 4.69) is 25.6 Å². The third-order valence-corrected chi connectivity index (χ3v) is 5.55. The van der Waals surface area contributed by atoms with Gasteiger partial charge in [-0.3, -0.25) is 4.90 Å². The van der Waals surface area contributed by atoms with E-state index in [-0.39, 0.29) is 18.1 Å². The lowest BCUT2D eigenvalue weighted by Crippen LogP contribution is -2.51. The van der Waals surface area contributed by atoms with Gasteiger partial charge in [0.25, 0.3) is 6.43 Å². The van der Waals surface area contributed by atoms with E-state index in [1.807, 2.05) is 0 Å². The van der Waals surface area contributed by atoms with Crippen molar-refractivity contribution in [3.63, 3.8) is 0 Å². The molecule has 2 aromatic heterocycles. The second-order valence-corrected chi connectivity index (χ2v) is 9.46. The molecule has 2 aromatic rings. The van der Waals surface area contributed by atoms with Gasteiger partial charge in [-0.2, -0.15) is 0 Å². The van der Waals surface area contributed by atoms with Crippen LogP contribution in [0.3, 0.4) is 0 Å². The first-order valence-corrected chi connectivity index (χ1v) is 11.7. The zero-order chi connectivity index (χ0) is 26.3. The summed E-state index contributed by atoms with van der Waals surface area (Å²) in [5.41, 5.74) is 0.827. The number of rotatable bonds is 7. The lowest BCUT2D eigenvalue weighted by Gasteiger charge is -2.36. The largest absolute Gasteiger partial charge is 0.467 e. The number of methoxy groups -OCH3 is 1. The molecule has 10 nitrogen and oxygen atoms in total. The normalized spacial score (nSPS) is 17.9. The second kappa shape index (κ2) is 11.9. The van der Waals surface area contributed by atoms with Gasteiger partial charge < -0.3 is 20.1 Å². The molecule has 1 fully saturated rings. The maximum atomic E-state index is 12.9. The van der Waals surface area contributed by atoms with Crippen LogP contribution in [0.2, 0.25) is 0 Å². The monoisotopic (exact) mass is 506 g/mol. The number of anilines is 1. The summed E-state index contributed by atoms with van der Waals surface area (Å²) in [4.78, 5) is 39.0. The van der Waals surface area contributed by atoms with Crippen molar-refractivity contribution in [3.05, 3.63) is 30.7 Å². The van der Waals surface area contributed by atoms with Crippen LogP contribution in [0.4, 0.5) is 24.2 Å². The number of alkyl carbamates (subject to hydrolysis) is 1. The van der Waals surface area contributed by atoms with Gasteiger partial charge >= 0.3 is 18.1 Å². The van der Waals surface area contributed by atoms with Crippen molar-refractivity contribution in [2.45, 2.75) is 70.6 Å². The first kappa shape index (κ1) is 27.0. The van der Waals surface area contributed by atoms with Crippen molar-refractivity contribution in [1.29, 1.82) is 0 Å². The van der Waals surface area contributed by atoms with Crippen molar-refractivity contribution >= 4 is 17.9 Å². The van der Waals surface area contributed by atoms with E-state index in [9.17, 15) is 18.4 Å². The van der Waals surface area contributed by atoms with Crippen LogP contribution in [0.15, 0.2) is 30.7 Å². The zero-order valence-corrected chi connectivity index (χ0v) is 20.8. The van der Waals surface area contributed by atoms with Crippen molar-refractivity contribution < 1.29 is 27.8 Å². The number of pyridine rings is 1. The number of aromatic nitrogens is 3. The van der Waals surface area contributed by atoms with Gasteiger partial charge in [0.2, 0.25) is 0 Å². The number of carbonyl (C=O) groups excluding carboxylic acids is 2. The number of alkyl halides is 2. The van der Waals surface area contributed by atoms with Crippen LogP contribution in [0.25, 0.3) is 11.1 Å². The van der Waals surface area contributed by atoms with E-state index < -0.39 is 30.7 Å². The lowest BCUT2D eigenvalue weighted by atomic mass is 9.90. The van der Waals surface area contributed by atoms with Crippen molar-refractivity contribution in [3.8, 4) is 17.1 Å². The number of urea groups is 1. The summed E-state index contributed by atoms with van der Waals surface area (Å²) in [6.07, 6.45) is 3.91. The fraction of sp³-hybridized carbons (Fsp3) is 0.542. The molecule has 0 saturated heterocycles. The van der Waals surface area contributed by atoms with Crippen LogP contribution >= 0.6 is 0 Å². The maximum Gasteiger partial charge on any atom is 0.407 e. The number of ether oxygens (including phenoxy) is 2. The Morgan fingerprint density at radius 2 is 1.69 bits per heavy atom. The summed E-state index contributed by atoms with van der Waals surface area (Å²) in [5, 5.41) is 5.14. The Labute approximate surface area is 208 Å². The smallest absolute Gasteiger partial charge is 0.407 e. The highest BCUT2D eigenvalue weighted by Gasteiger charge is 2.32. The molecule has 0 unspecified atom stereocenters. The van der Waals surface area contributed by atoms with E-state index in [4.69, 9.17) is 9.47 Å². The second-order valence-electron chi connectivity index (χ2n) is 9.46. The number of nitrogens with one attached hydrogen (secondary N) is 2. The predicted molar refractivity (Wildman–Crippen MR) is 129 cm³/mol. The summed E-state index contributed by atoms with van der Waals surface area (Å²) < 4.78 is 35.8. The highest BCUT2D eigenvalue weighted by Crippen LogP contribution is 2.28. The number of halogens is 2. The molecule has 1 saturated carbocycles. The Kier molecular flexibility index (Phi) is 8.94. The number of hydrogen-bond acceptors (Lipinski definition) is 7. The SMILES string of the molecule is COc1ncc(-c2ccc(N(C(=O)NCC(F)F)C3CCC(NC(=O)OC(C)(C)C)CC3)nc2)cn1. The molecule has 2 heterocycles. The van der Waals surface area contributed by atoms with Crippen LogP contribution < -0.4 is 20.3 Å². The van der Waals surface area contributed by atoms with Gasteiger partial charge in [-0.25, -0.2) is 33.3 Å². The average molecular weight is 507 g/mol. The highest BCUT2D eigenvalue weighted by atomic mass is 19.3. The van der Waals surface area contributed by atoms with Crippen LogP contribution in [-0.2, 0) is 4.74 Å². The Morgan fingerprint density at radius 1 is 1.06 bits per heavy atom. The third kappa shape index (κ3) is 7.72. The van der Waals surface area contributed by atoms with Crippen LogP contribution in [-0.4, -0.2) is 64.8 Å². The molecule has 0 atom stereocenters. The standard InChI is InChI=1S/C24H32F2N6O4/c1-24(2,3)36-23(34)31-17-6-8-18(9-7-17)32(22(33)30-14-19(25)26)20-10-5-15(11-27-20)16-12-28-21(35-4)29-13-16/h5,10-13,17-19H,6-9,14H2,1-4H3,(H,30,33)(H,31,34). The fourth-order valence-electron chi connectivity index (χ4n) is 3.93. The Bertz CT molecular complexity index is 1010. The molecule has 3 amide bonds. The molecule has 12 heteroatoms. The lowest BCUT2D eigenvalue weighted by molar-refractivity contribution is 0.0491. The van der Waals surface area contributed by atoms with Crippen molar-refractivity contribution in [2.75, 3.05) is 18.6 Å². The van der Waals surface area contributed by atoms with Gasteiger partial charge in [-0.05, 0) is 58.6 Å². The Balaban J connectivity index is 1.71. The van der Waals surface area contributed by atoms with Crippen LogP contribution in [0, 0.1) is 0 Å². The molecule has 0 spiro atoms. The molecule has 1 aliphatic carbocycles. The molecule has 0 aliphatic heterocycles. The molecular formula is C24H32F2N6O4. The molecule has 196 valence electrons. The quantitative estimate of drug-likeness (QED) is 0.579. The zero-order valence-electron chi connectivity index (χ0n) is 20.8. The summed E-state index contributed by atoms with van der Waals surface area (Å²) in [6, 6.07) is 2.63. The van der Waals surface area contributed by atoms with Gasteiger partial charge in [0, 0.05) is 41.8 Å². The molecule has 36 heavy (non-hydrogen) atoms. The van der Waals surface area contributed by atoms with Gasteiger partial charge in [0.15, 0.2) is 0 Å². The number of hydrogen-bond donors (Lipinski definition) is 2. The minimum Gasteiger partial charge on any atom is -0.467 e. The van der Waals surface area contributed by atoms with Crippen LogP contribution in [0.5, 0.6) is 6.01 Å². The molecule has 0 radical (unpaired) electrons. The minimum atomic E-state index is -2.67. The van der Waals surface area contributed by atoms with E-state index in [1.165, 1.54) is 12.0 Å². The van der Waals surface area contributed by atoms with Crippen molar-refractivity contribution in [2.24, 2.45) is 0 Å². The molecular weight excluding hydrogens is 474 g/mol. The van der Waals surface area contributed by atoms with E-state index in [0.717, 1.165) is 5.56 Å². The fourth-order valence-corrected chi connectivity index (χ4v) is 3.93. The summed E-state index contributed by atoms with van der Waals surface area (Å²) >= 11 is 0. The Hall–Kier alpha value is -3.57.